The Bertz CT molecular complexity index is 59.6. The van der Waals surface area contributed by atoms with E-state index in [-0.39, 0.29) is 0 Å². The normalized spacial score (nSPS) is 9.00. The third kappa shape index (κ3) is 7.54. The van der Waals surface area contributed by atoms with Gasteiger partial charge in [0.1, 0.15) is 0 Å². The van der Waals surface area contributed by atoms with E-state index in [0.29, 0.717) is 0 Å². The minimum atomic E-state index is 0.809. The van der Waals surface area contributed by atoms with Gasteiger partial charge < -0.3 is 4.74 Å². The second kappa shape index (κ2) is 7.54. The summed E-state index contributed by atoms with van der Waals surface area (Å²) in [5, 5.41) is 0. The molecule has 1 nitrogen and oxygen atoms in total. The van der Waals surface area contributed by atoms with Crippen molar-refractivity contribution in [3.8, 4) is 0 Å². The third-order valence-electron chi connectivity index (χ3n) is 1.13. The Kier molecular flexibility index (Phi) is 7.15. The van der Waals surface area contributed by atoms with Gasteiger partial charge in [0.2, 0.25) is 0 Å². The van der Waals surface area contributed by atoms with Crippen molar-refractivity contribution in [1.29, 1.82) is 0 Å². The molecule has 0 rings (SSSR count). The first-order valence-corrected chi connectivity index (χ1v) is 3.43. The van der Waals surface area contributed by atoms with Crippen LogP contribution in [0.25, 0.3) is 0 Å². The first kappa shape index (κ1) is 8.54. The van der Waals surface area contributed by atoms with E-state index >= 15 is 0 Å². The molecule has 0 fully saturated rings. The lowest BCUT2D eigenvalue weighted by atomic mass is 10.2. The maximum Gasteiger partial charge on any atom is 0.0873 e. The van der Waals surface area contributed by atoms with Crippen LogP contribution in [0, 0.1) is 6.92 Å². The van der Waals surface area contributed by atoms with Gasteiger partial charge in [-0.3, -0.25) is 0 Å². The minimum Gasteiger partial charge on any atom is -0.502 e. The van der Waals surface area contributed by atoms with E-state index in [2.05, 4.69) is 13.5 Å². The standard InChI is InChI=1S/C8H15O/c1-3-5-6-7-8-9-4-2/h4H,1-3,5-8H2. The van der Waals surface area contributed by atoms with E-state index < -0.39 is 0 Å². The Morgan fingerprint density at radius 3 is 2.56 bits per heavy atom. The summed E-state index contributed by atoms with van der Waals surface area (Å²) in [6, 6.07) is 0. The highest BCUT2D eigenvalue weighted by molar-refractivity contribution is 4.49. The molecule has 0 unspecified atom stereocenters. The zero-order valence-electron chi connectivity index (χ0n) is 5.94. The molecule has 0 atom stereocenters. The quantitative estimate of drug-likeness (QED) is 0.393. The monoisotopic (exact) mass is 127 g/mol. The van der Waals surface area contributed by atoms with Crippen molar-refractivity contribution in [2.24, 2.45) is 0 Å². The average Bonchev–Trinajstić information content (AvgIpc) is 1.89. The molecule has 0 aliphatic carbocycles. The van der Waals surface area contributed by atoms with Crippen LogP contribution in [0.1, 0.15) is 25.7 Å². The zero-order chi connectivity index (χ0) is 6.95. The molecule has 0 aromatic heterocycles. The van der Waals surface area contributed by atoms with Gasteiger partial charge in [-0.2, -0.15) is 0 Å². The Morgan fingerprint density at radius 2 is 2.00 bits per heavy atom. The molecule has 1 heteroatoms. The highest BCUT2D eigenvalue weighted by Crippen LogP contribution is 1.97. The maximum atomic E-state index is 4.92. The fourth-order valence-corrected chi connectivity index (χ4v) is 0.622. The van der Waals surface area contributed by atoms with Gasteiger partial charge >= 0.3 is 0 Å². The van der Waals surface area contributed by atoms with Gasteiger partial charge in [-0.15, -0.1) is 0 Å². The smallest absolute Gasteiger partial charge is 0.0873 e. The predicted octanol–water partition coefficient (Wildman–Crippen LogP) is 2.54. The van der Waals surface area contributed by atoms with Gasteiger partial charge in [-0.1, -0.05) is 32.8 Å². The van der Waals surface area contributed by atoms with Crippen molar-refractivity contribution in [3.63, 3.8) is 0 Å². The fourth-order valence-electron chi connectivity index (χ4n) is 0.622. The van der Waals surface area contributed by atoms with Crippen molar-refractivity contribution in [2.45, 2.75) is 25.7 Å². The summed E-state index contributed by atoms with van der Waals surface area (Å²) < 4.78 is 4.92. The number of ether oxygens (including phenoxy) is 1. The summed E-state index contributed by atoms with van der Waals surface area (Å²) in [7, 11) is 0. The van der Waals surface area contributed by atoms with E-state index in [1.54, 1.807) is 0 Å². The van der Waals surface area contributed by atoms with Crippen molar-refractivity contribution in [2.75, 3.05) is 6.61 Å². The minimum absolute atomic E-state index is 0.809. The Balaban J connectivity index is 2.66. The van der Waals surface area contributed by atoms with Crippen LogP contribution in [0.5, 0.6) is 0 Å². The Hall–Kier alpha value is -0.460. The van der Waals surface area contributed by atoms with E-state index in [4.69, 9.17) is 4.74 Å². The summed E-state index contributed by atoms with van der Waals surface area (Å²) in [5.74, 6) is 0. The van der Waals surface area contributed by atoms with E-state index in [0.717, 1.165) is 19.4 Å². The van der Waals surface area contributed by atoms with Gasteiger partial charge in [-0.05, 0) is 6.42 Å². The third-order valence-corrected chi connectivity index (χ3v) is 1.13. The molecule has 1 radical (unpaired) electrons. The molecule has 9 heavy (non-hydrogen) atoms. The second-order valence-corrected chi connectivity index (χ2v) is 1.95. The van der Waals surface area contributed by atoms with Crippen LogP contribution in [-0.4, -0.2) is 6.61 Å². The average molecular weight is 127 g/mol. The zero-order valence-corrected chi connectivity index (χ0v) is 5.94. The van der Waals surface area contributed by atoms with Gasteiger partial charge in [0.05, 0.1) is 12.9 Å². The lowest BCUT2D eigenvalue weighted by Crippen LogP contribution is -1.86. The molecule has 0 aromatic rings. The highest BCUT2D eigenvalue weighted by atomic mass is 16.5. The first-order chi connectivity index (χ1) is 4.41. The van der Waals surface area contributed by atoms with Crippen LogP contribution in [0.4, 0.5) is 0 Å². The van der Waals surface area contributed by atoms with Gasteiger partial charge in [0, 0.05) is 0 Å². The number of rotatable bonds is 6. The van der Waals surface area contributed by atoms with Gasteiger partial charge in [0.15, 0.2) is 0 Å². The van der Waals surface area contributed by atoms with Crippen LogP contribution < -0.4 is 0 Å². The Labute approximate surface area is 57.7 Å². The van der Waals surface area contributed by atoms with Crippen LogP contribution in [0.15, 0.2) is 12.8 Å². The number of hydrogen-bond donors (Lipinski definition) is 0. The van der Waals surface area contributed by atoms with Crippen molar-refractivity contribution < 1.29 is 4.74 Å². The summed E-state index contributed by atoms with van der Waals surface area (Å²) in [6.07, 6.45) is 6.08. The molecule has 0 saturated heterocycles. The largest absolute Gasteiger partial charge is 0.502 e. The molecule has 0 heterocycles. The van der Waals surface area contributed by atoms with E-state index in [9.17, 15) is 0 Å². The highest BCUT2D eigenvalue weighted by Gasteiger charge is 1.84. The van der Waals surface area contributed by atoms with Crippen LogP contribution >= 0.6 is 0 Å². The molecule has 0 aliphatic rings. The molecule has 0 bridgehead atoms. The van der Waals surface area contributed by atoms with Crippen LogP contribution in [0.3, 0.4) is 0 Å². The topological polar surface area (TPSA) is 9.23 Å². The summed E-state index contributed by atoms with van der Waals surface area (Å²) in [5.41, 5.74) is 0. The molecule has 0 N–H and O–H groups in total. The molecule has 0 aliphatic heterocycles. The van der Waals surface area contributed by atoms with Crippen LogP contribution in [-0.2, 0) is 4.74 Å². The van der Waals surface area contributed by atoms with Gasteiger partial charge in [-0.25, -0.2) is 0 Å². The van der Waals surface area contributed by atoms with Crippen LogP contribution in [0.2, 0.25) is 0 Å². The summed E-state index contributed by atoms with van der Waals surface area (Å²) >= 11 is 0. The molecular formula is C8H15O. The Morgan fingerprint density at radius 1 is 1.22 bits per heavy atom. The molecule has 0 amide bonds. The summed E-state index contributed by atoms with van der Waals surface area (Å²) in [6.45, 7) is 8.00. The van der Waals surface area contributed by atoms with Crippen molar-refractivity contribution in [1.82, 2.24) is 0 Å². The predicted molar refractivity (Wildman–Crippen MR) is 40.0 cm³/mol. The molecule has 0 aromatic carbocycles. The molecule has 53 valence electrons. The lowest BCUT2D eigenvalue weighted by Gasteiger charge is -1.97. The van der Waals surface area contributed by atoms with Crippen molar-refractivity contribution >= 4 is 0 Å². The SMILES string of the molecule is [CH2]CCCCCOC=C. The number of hydrogen-bond acceptors (Lipinski definition) is 1. The maximum absolute atomic E-state index is 4.92. The van der Waals surface area contributed by atoms with E-state index in [1.165, 1.54) is 19.1 Å². The number of unbranched alkanes of at least 4 members (excludes halogenated alkanes) is 3. The van der Waals surface area contributed by atoms with Gasteiger partial charge in [0.25, 0.3) is 0 Å². The lowest BCUT2D eigenvalue weighted by molar-refractivity contribution is 0.242. The first-order valence-electron chi connectivity index (χ1n) is 3.43. The fraction of sp³-hybridized carbons (Fsp3) is 0.625. The summed E-state index contributed by atoms with van der Waals surface area (Å²) in [4.78, 5) is 0. The molecule has 0 saturated carbocycles. The van der Waals surface area contributed by atoms with Crippen molar-refractivity contribution in [3.05, 3.63) is 19.8 Å². The molecule has 0 spiro atoms. The second-order valence-electron chi connectivity index (χ2n) is 1.95. The molecular weight excluding hydrogens is 112 g/mol. The van der Waals surface area contributed by atoms with E-state index in [1.807, 2.05) is 0 Å².